The molecule has 152 valence electrons. The zero-order valence-electron chi connectivity index (χ0n) is 15.8. The second-order valence-corrected chi connectivity index (χ2v) is 7.78. The Kier molecular flexibility index (Phi) is 7.35. The number of thioether (sulfide) groups is 1. The topological polar surface area (TPSA) is 81.9 Å². The van der Waals surface area contributed by atoms with Gasteiger partial charge in [0.1, 0.15) is 11.4 Å². The first kappa shape index (κ1) is 21.4. The average Bonchev–Trinajstić information content (AvgIpc) is 3.17. The van der Waals surface area contributed by atoms with Crippen LogP contribution in [0.5, 0.6) is 5.75 Å². The molecule has 1 heterocycles. The van der Waals surface area contributed by atoms with Crippen molar-refractivity contribution in [2.75, 3.05) is 12.4 Å². The lowest BCUT2D eigenvalue weighted by molar-refractivity contribution is -0.119. The molecule has 0 bridgehead atoms. The highest BCUT2D eigenvalue weighted by Crippen LogP contribution is 2.27. The van der Waals surface area contributed by atoms with Crippen LogP contribution in [0, 0.1) is 0 Å². The smallest absolute Gasteiger partial charge is 0.230 e. The highest BCUT2D eigenvalue weighted by molar-refractivity contribution is 7.99. The number of aromatic nitrogens is 4. The molecule has 1 aromatic heterocycles. The van der Waals surface area contributed by atoms with E-state index in [4.69, 9.17) is 27.9 Å². The van der Waals surface area contributed by atoms with Crippen molar-refractivity contribution in [2.45, 2.75) is 25.0 Å². The maximum Gasteiger partial charge on any atom is 0.230 e. The lowest BCUT2D eigenvalue weighted by Crippen LogP contribution is -2.28. The summed E-state index contributed by atoms with van der Waals surface area (Å²) in [5.41, 5.74) is 1.58. The van der Waals surface area contributed by atoms with E-state index in [-0.39, 0.29) is 17.7 Å². The van der Waals surface area contributed by atoms with Crippen LogP contribution < -0.4 is 10.1 Å². The normalized spacial score (nSPS) is 11.9. The number of amides is 1. The Morgan fingerprint density at radius 3 is 2.79 bits per heavy atom. The average molecular weight is 452 g/mol. The highest BCUT2D eigenvalue weighted by atomic mass is 35.5. The van der Waals surface area contributed by atoms with E-state index in [2.05, 4.69) is 20.8 Å². The van der Waals surface area contributed by atoms with E-state index in [9.17, 15) is 4.79 Å². The van der Waals surface area contributed by atoms with Gasteiger partial charge < -0.3 is 10.1 Å². The quantitative estimate of drug-likeness (QED) is 0.513. The van der Waals surface area contributed by atoms with Crippen molar-refractivity contribution in [1.82, 2.24) is 25.5 Å². The monoisotopic (exact) mass is 451 g/mol. The van der Waals surface area contributed by atoms with Crippen molar-refractivity contribution in [1.29, 1.82) is 0 Å². The summed E-state index contributed by atoms with van der Waals surface area (Å²) in [5.74, 6) is 0.672. The standard InChI is InChI=1S/C19H19Cl2N5O2S/c1-3-28-17-7-5-4-6-16(17)26-19(23-24-25-26)29-11-18(27)22-12(2)13-8-9-14(20)15(21)10-13/h4-10,12H,3,11H2,1-2H3,(H,22,27). The molecule has 0 aliphatic rings. The molecule has 0 aliphatic heterocycles. The Bertz CT molecular complexity index is 998. The second kappa shape index (κ2) is 9.96. The molecule has 1 atom stereocenters. The van der Waals surface area contributed by atoms with Crippen LogP contribution in [-0.2, 0) is 4.79 Å². The number of hydrogen-bond acceptors (Lipinski definition) is 6. The van der Waals surface area contributed by atoms with E-state index in [1.807, 2.05) is 44.2 Å². The van der Waals surface area contributed by atoms with Crippen LogP contribution >= 0.6 is 35.0 Å². The maximum atomic E-state index is 12.4. The summed E-state index contributed by atoms with van der Waals surface area (Å²) in [6, 6.07) is 12.5. The van der Waals surface area contributed by atoms with Gasteiger partial charge >= 0.3 is 0 Å². The predicted octanol–water partition coefficient (Wildman–Crippen LogP) is 4.34. The fourth-order valence-corrected chi connectivity index (χ4v) is 3.61. The number of para-hydroxylation sites is 2. The summed E-state index contributed by atoms with van der Waals surface area (Å²) in [5, 5.41) is 16.1. The van der Waals surface area contributed by atoms with Gasteiger partial charge in [-0.15, -0.1) is 5.10 Å². The molecule has 1 N–H and O–H groups in total. The summed E-state index contributed by atoms with van der Waals surface area (Å²) in [6.07, 6.45) is 0. The van der Waals surface area contributed by atoms with Crippen molar-refractivity contribution in [3.05, 3.63) is 58.1 Å². The molecule has 0 saturated carbocycles. The minimum atomic E-state index is -0.215. The molecule has 0 aliphatic carbocycles. The number of nitrogens with zero attached hydrogens (tertiary/aromatic N) is 4. The van der Waals surface area contributed by atoms with Gasteiger partial charge in [0.25, 0.3) is 0 Å². The third-order valence-electron chi connectivity index (χ3n) is 3.99. The second-order valence-electron chi connectivity index (χ2n) is 6.03. The van der Waals surface area contributed by atoms with Gasteiger partial charge in [-0.2, -0.15) is 4.68 Å². The Balaban J connectivity index is 1.64. The van der Waals surface area contributed by atoms with E-state index < -0.39 is 0 Å². The molecule has 1 amide bonds. The van der Waals surface area contributed by atoms with Gasteiger partial charge in [0.15, 0.2) is 0 Å². The van der Waals surface area contributed by atoms with Crippen LogP contribution in [0.4, 0.5) is 0 Å². The minimum absolute atomic E-state index is 0.152. The fourth-order valence-electron chi connectivity index (χ4n) is 2.61. The van der Waals surface area contributed by atoms with E-state index in [1.54, 1.807) is 16.8 Å². The molecule has 2 aromatic carbocycles. The molecule has 29 heavy (non-hydrogen) atoms. The first-order chi connectivity index (χ1) is 14.0. The molecule has 0 fully saturated rings. The van der Waals surface area contributed by atoms with Gasteiger partial charge in [0.05, 0.1) is 28.4 Å². The zero-order chi connectivity index (χ0) is 20.8. The molecular weight excluding hydrogens is 433 g/mol. The van der Waals surface area contributed by atoms with Crippen molar-refractivity contribution in [2.24, 2.45) is 0 Å². The molecule has 3 aromatic rings. The van der Waals surface area contributed by atoms with Crippen LogP contribution in [-0.4, -0.2) is 38.5 Å². The number of hydrogen-bond donors (Lipinski definition) is 1. The number of ether oxygens (including phenoxy) is 1. The largest absolute Gasteiger partial charge is 0.492 e. The van der Waals surface area contributed by atoms with Crippen LogP contribution in [0.1, 0.15) is 25.5 Å². The molecule has 10 heteroatoms. The predicted molar refractivity (Wildman–Crippen MR) is 114 cm³/mol. The first-order valence-corrected chi connectivity index (χ1v) is 10.6. The third-order valence-corrected chi connectivity index (χ3v) is 5.65. The van der Waals surface area contributed by atoms with E-state index in [0.29, 0.717) is 33.2 Å². The number of nitrogens with one attached hydrogen (secondary N) is 1. The number of carbonyl (C=O) groups excluding carboxylic acids is 1. The van der Waals surface area contributed by atoms with Crippen LogP contribution in [0.15, 0.2) is 47.6 Å². The Hall–Kier alpha value is -2.29. The van der Waals surface area contributed by atoms with Gasteiger partial charge in [-0.1, -0.05) is 53.2 Å². The van der Waals surface area contributed by atoms with Crippen molar-refractivity contribution in [3.8, 4) is 11.4 Å². The lowest BCUT2D eigenvalue weighted by atomic mass is 10.1. The molecule has 0 radical (unpaired) electrons. The van der Waals surface area contributed by atoms with Crippen molar-refractivity contribution in [3.63, 3.8) is 0 Å². The summed E-state index contributed by atoms with van der Waals surface area (Å²) in [4.78, 5) is 12.4. The Labute approximate surface area is 182 Å². The van der Waals surface area contributed by atoms with Crippen LogP contribution in [0.25, 0.3) is 5.69 Å². The maximum absolute atomic E-state index is 12.4. The molecule has 3 rings (SSSR count). The van der Waals surface area contributed by atoms with Crippen molar-refractivity contribution >= 4 is 40.9 Å². The highest BCUT2D eigenvalue weighted by Gasteiger charge is 2.16. The Morgan fingerprint density at radius 2 is 2.03 bits per heavy atom. The molecular formula is C19H19Cl2N5O2S. The van der Waals surface area contributed by atoms with E-state index in [1.165, 1.54) is 11.8 Å². The minimum Gasteiger partial charge on any atom is -0.492 e. The Morgan fingerprint density at radius 1 is 1.24 bits per heavy atom. The number of carbonyl (C=O) groups is 1. The third kappa shape index (κ3) is 5.41. The van der Waals surface area contributed by atoms with Gasteiger partial charge in [-0.25, -0.2) is 0 Å². The molecule has 0 spiro atoms. The number of rotatable bonds is 8. The summed E-state index contributed by atoms with van der Waals surface area (Å²) >= 11 is 13.2. The number of halogens is 2. The van der Waals surface area contributed by atoms with Gasteiger partial charge in [0.2, 0.25) is 11.1 Å². The van der Waals surface area contributed by atoms with Crippen LogP contribution in [0.3, 0.4) is 0 Å². The lowest BCUT2D eigenvalue weighted by Gasteiger charge is -2.15. The zero-order valence-corrected chi connectivity index (χ0v) is 18.1. The number of tetrazole rings is 1. The van der Waals surface area contributed by atoms with Gasteiger partial charge in [-0.3, -0.25) is 4.79 Å². The summed E-state index contributed by atoms with van der Waals surface area (Å²) in [7, 11) is 0. The van der Waals surface area contributed by atoms with E-state index >= 15 is 0 Å². The molecule has 1 unspecified atom stereocenters. The first-order valence-electron chi connectivity index (χ1n) is 8.87. The van der Waals surface area contributed by atoms with E-state index in [0.717, 1.165) is 5.56 Å². The molecule has 0 saturated heterocycles. The fraction of sp³-hybridized carbons (Fsp3) is 0.263. The van der Waals surface area contributed by atoms with Gasteiger partial charge in [-0.05, 0) is 54.1 Å². The summed E-state index contributed by atoms with van der Waals surface area (Å²) < 4.78 is 7.20. The van der Waals surface area contributed by atoms with Crippen LogP contribution in [0.2, 0.25) is 10.0 Å². The number of benzene rings is 2. The van der Waals surface area contributed by atoms with Crippen molar-refractivity contribution < 1.29 is 9.53 Å². The SMILES string of the molecule is CCOc1ccccc1-n1nnnc1SCC(=O)NC(C)c1ccc(Cl)c(Cl)c1. The molecule has 7 nitrogen and oxygen atoms in total. The summed E-state index contributed by atoms with van der Waals surface area (Å²) in [6.45, 7) is 4.31. The van der Waals surface area contributed by atoms with Gasteiger partial charge in [0, 0.05) is 0 Å².